The summed E-state index contributed by atoms with van der Waals surface area (Å²) in [7, 11) is 0. The molecule has 9 heteroatoms. The Hall–Kier alpha value is -1.80. The van der Waals surface area contributed by atoms with Crippen LogP contribution in [0.5, 0.6) is 0 Å². The zero-order valence-electron chi connectivity index (χ0n) is 10.9. The van der Waals surface area contributed by atoms with Gasteiger partial charge in [-0.3, -0.25) is 9.59 Å². The Labute approximate surface area is 123 Å². The van der Waals surface area contributed by atoms with E-state index in [4.69, 9.17) is 11.6 Å². The number of hydrogen-bond donors (Lipinski definition) is 2. The third-order valence-corrected chi connectivity index (χ3v) is 2.39. The Morgan fingerprint density at radius 2 is 1.95 bits per heavy atom. The van der Waals surface area contributed by atoms with E-state index in [1.807, 2.05) is 0 Å². The minimum atomic E-state index is -4.50. The highest BCUT2D eigenvalue weighted by Crippen LogP contribution is 2.25. The standard InChI is InChI=1S/C12H12ClF3N2O3/c1-7(19)17-8-2-3-9(13)10(4-8)18-11(20)5-21-6-12(14,15)16/h2-4H,5-6H2,1H3,(H,17,19)(H,18,20). The molecule has 21 heavy (non-hydrogen) atoms. The molecule has 1 rings (SSSR count). The van der Waals surface area contributed by atoms with Gasteiger partial charge < -0.3 is 15.4 Å². The second-order valence-electron chi connectivity index (χ2n) is 4.03. The third-order valence-electron chi connectivity index (χ3n) is 2.06. The van der Waals surface area contributed by atoms with Crippen molar-refractivity contribution in [1.82, 2.24) is 0 Å². The molecular weight excluding hydrogens is 313 g/mol. The van der Waals surface area contributed by atoms with Gasteiger partial charge in [-0.1, -0.05) is 11.6 Å². The van der Waals surface area contributed by atoms with Crippen LogP contribution in [0, 0.1) is 0 Å². The average Bonchev–Trinajstić information content (AvgIpc) is 2.31. The van der Waals surface area contributed by atoms with Crippen molar-refractivity contribution in [3.63, 3.8) is 0 Å². The van der Waals surface area contributed by atoms with Gasteiger partial charge in [0.15, 0.2) is 0 Å². The molecule has 0 spiro atoms. The van der Waals surface area contributed by atoms with Gasteiger partial charge in [0.05, 0.1) is 10.7 Å². The summed E-state index contributed by atoms with van der Waals surface area (Å²) < 4.78 is 39.8. The number of carbonyl (C=O) groups excluding carboxylic acids is 2. The molecule has 0 unspecified atom stereocenters. The number of carbonyl (C=O) groups is 2. The Kier molecular flexibility index (Phi) is 5.98. The zero-order chi connectivity index (χ0) is 16.0. The number of rotatable bonds is 5. The van der Waals surface area contributed by atoms with Gasteiger partial charge >= 0.3 is 6.18 Å². The molecule has 1 aromatic rings. The maximum Gasteiger partial charge on any atom is 0.411 e. The van der Waals surface area contributed by atoms with Gasteiger partial charge in [-0.15, -0.1) is 0 Å². The number of benzene rings is 1. The summed E-state index contributed by atoms with van der Waals surface area (Å²) in [6.07, 6.45) is -4.50. The Balaban J connectivity index is 2.60. The fourth-order valence-corrected chi connectivity index (χ4v) is 1.51. The van der Waals surface area contributed by atoms with E-state index in [1.54, 1.807) is 0 Å². The first-order valence-electron chi connectivity index (χ1n) is 5.69. The van der Waals surface area contributed by atoms with Crippen molar-refractivity contribution in [2.24, 2.45) is 0 Å². The SMILES string of the molecule is CC(=O)Nc1ccc(Cl)c(NC(=O)COCC(F)(F)F)c1. The molecule has 5 nitrogen and oxygen atoms in total. The van der Waals surface area contributed by atoms with E-state index in [-0.39, 0.29) is 16.6 Å². The topological polar surface area (TPSA) is 67.4 Å². The molecule has 0 aliphatic carbocycles. The van der Waals surface area contributed by atoms with Crippen molar-refractivity contribution in [1.29, 1.82) is 0 Å². The molecule has 0 fully saturated rings. The van der Waals surface area contributed by atoms with E-state index in [2.05, 4.69) is 15.4 Å². The number of hydrogen-bond acceptors (Lipinski definition) is 3. The number of halogens is 4. The molecule has 0 aliphatic rings. The molecule has 0 atom stereocenters. The maximum absolute atomic E-state index is 11.9. The quantitative estimate of drug-likeness (QED) is 0.875. The lowest BCUT2D eigenvalue weighted by Gasteiger charge is -2.11. The molecule has 0 saturated carbocycles. The number of ether oxygens (including phenoxy) is 1. The van der Waals surface area contributed by atoms with Crippen LogP contribution in [0.2, 0.25) is 5.02 Å². The monoisotopic (exact) mass is 324 g/mol. The molecule has 0 aromatic heterocycles. The molecule has 0 aliphatic heterocycles. The van der Waals surface area contributed by atoms with Crippen molar-refractivity contribution in [3.8, 4) is 0 Å². The molecule has 1 aromatic carbocycles. The highest BCUT2D eigenvalue weighted by atomic mass is 35.5. The normalized spacial score (nSPS) is 11.1. The smallest absolute Gasteiger partial charge is 0.362 e. The fourth-order valence-electron chi connectivity index (χ4n) is 1.35. The summed E-state index contributed by atoms with van der Waals surface area (Å²) in [6.45, 7) is -0.974. The van der Waals surface area contributed by atoms with Gasteiger partial charge in [0, 0.05) is 12.6 Å². The van der Waals surface area contributed by atoms with Crippen LogP contribution in [0.1, 0.15) is 6.92 Å². The lowest BCUT2D eigenvalue weighted by atomic mass is 10.2. The highest BCUT2D eigenvalue weighted by molar-refractivity contribution is 6.33. The Morgan fingerprint density at radius 3 is 2.52 bits per heavy atom. The van der Waals surface area contributed by atoms with E-state index >= 15 is 0 Å². The fraction of sp³-hybridized carbons (Fsp3) is 0.333. The molecule has 0 radical (unpaired) electrons. The summed E-state index contributed by atoms with van der Waals surface area (Å²) in [6, 6.07) is 4.32. The summed E-state index contributed by atoms with van der Waals surface area (Å²) in [5, 5.41) is 4.95. The van der Waals surface area contributed by atoms with Crippen LogP contribution < -0.4 is 10.6 Å². The maximum atomic E-state index is 11.9. The Morgan fingerprint density at radius 1 is 1.29 bits per heavy atom. The molecule has 116 valence electrons. The van der Waals surface area contributed by atoms with Gasteiger partial charge in [0.25, 0.3) is 0 Å². The third kappa shape index (κ3) is 6.96. The van der Waals surface area contributed by atoms with E-state index in [9.17, 15) is 22.8 Å². The molecule has 2 amide bonds. The predicted octanol–water partition coefficient (Wildman–Crippen LogP) is 2.82. The minimum Gasteiger partial charge on any atom is -0.362 e. The highest BCUT2D eigenvalue weighted by Gasteiger charge is 2.27. The molecule has 0 heterocycles. The van der Waals surface area contributed by atoms with E-state index in [0.717, 1.165) is 0 Å². The van der Waals surface area contributed by atoms with Crippen LogP contribution in [0.25, 0.3) is 0 Å². The van der Waals surface area contributed by atoms with Crippen LogP contribution in [0.4, 0.5) is 24.5 Å². The molecule has 2 N–H and O–H groups in total. The second-order valence-corrected chi connectivity index (χ2v) is 4.44. The number of alkyl halides is 3. The average molecular weight is 325 g/mol. The lowest BCUT2D eigenvalue weighted by molar-refractivity contribution is -0.174. The largest absolute Gasteiger partial charge is 0.411 e. The summed E-state index contributed by atoms with van der Waals surface area (Å²) in [5.41, 5.74) is 0.543. The summed E-state index contributed by atoms with van der Waals surface area (Å²) >= 11 is 5.84. The predicted molar refractivity (Wildman–Crippen MR) is 71.3 cm³/mol. The molecule has 0 bridgehead atoms. The minimum absolute atomic E-state index is 0.156. The van der Waals surface area contributed by atoms with Crippen molar-refractivity contribution >= 4 is 34.8 Å². The summed E-state index contributed by atoms with van der Waals surface area (Å²) in [4.78, 5) is 22.3. The Bertz CT molecular complexity index is 535. The van der Waals surface area contributed by atoms with Gasteiger partial charge in [-0.25, -0.2) is 0 Å². The second kappa shape index (κ2) is 7.28. The van der Waals surface area contributed by atoms with Crippen molar-refractivity contribution in [2.45, 2.75) is 13.1 Å². The number of amides is 2. The van der Waals surface area contributed by atoms with E-state index < -0.39 is 25.3 Å². The molecular formula is C12H12ClF3N2O3. The molecule has 0 saturated heterocycles. The first-order chi connectivity index (χ1) is 9.67. The van der Waals surface area contributed by atoms with Gasteiger partial charge in [-0.2, -0.15) is 13.2 Å². The summed E-state index contributed by atoms with van der Waals surface area (Å²) in [5.74, 6) is -1.11. The zero-order valence-corrected chi connectivity index (χ0v) is 11.6. The van der Waals surface area contributed by atoms with Crippen LogP contribution in [0.15, 0.2) is 18.2 Å². The number of nitrogens with one attached hydrogen (secondary N) is 2. The van der Waals surface area contributed by atoms with Crippen molar-refractivity contribution in [2.75, 3.05) is 23.8 Å². The first kappa shape index (κ1) is 17.3. The van der Waals surface area contributed by atoms with Crippen LogP contribution in [-0.4, -0.2) is 31.2 Å². The number of anilines is 2. The van der Waals surface area contributed by atoms with Gasteiger partial charge in [0.1, 0.15) is 13.2 Å². The first-order valence-corrected chi connectivity index (χ1v) is 6.06. The van der Waals surface area contributed by atoms with E-state index in [0.29, 0.717) is 5.69 Å². The van der Waals surface area contributed by atoms with Gasteiger partial charge in [0.2, 0.25) is 11.8 Å². The van der Waals surface area contributed by atoms with Gasteiger partial charge in [-0.05, 0) is 18.2 Å². The lowest BCUT2D eigenvalue weighted by Crippen LogP contribution is -2.24. The van der Waals surface area contributed by atoms with Crippen molar-refractivity contribution < 1.29 is 27.5 Å². The van der Waals surface area contributed by atoms with Crippen LogP contribution in [-0.2, 0) is 14.3 Å². The van der Waals surface area contributed by atoms with Crippen molar-refractivity contribution in [3.05, 3.63) is 23.2 Å². The van der Waals surface area contributed by atoms with Crippen LogP contribution in [0.3, 0.4) is 0 Å². The van der Waals surface area contributed by atoms with E-state index in [1.165, 1.54) is 25.1 Å². The van der Waals surface area contributed by atoms with Crippen LogP contribution >= 0.6 is 11.6 Å².